The van der Waals surface area contributed by atoms with Crippen molar-refractivity contribution in [3.05, 3.63) is 175 Å². The fourth-order valence-corrected chi connectivity index (χ4v) is 19.7. The van der Waals surface area contributed by atoms with E-state index < -0.39 is 106 Å². The maximum atomic E-state index is 14.5. The van der Waals surface area contributed by atoms with Crippen molar-refractivity contribution in [3.63, 3.8) is 0 Å². The van der Waals surface area contributed by atoms with Gasteiger partial charge in [-0.1, -0.05) is 89.0 Å². The lowest BCUT2D eigenvalue weighted by molar-refractivity contribution is -0.383. The zero-order valence-electron chi connectivity index (χ0n) is 51.1. The Morgan fingerprint density at radius 3 is 1.47 bits per heavy atom. The molecule has 33 heteroatoms. The van der Waals surface area contributed by atoms with E-state index in [1.165, 1.54) is 76.9 Å². The minimum Gasteiger partial charge on any atom is -0.485 e. The molecule has 0 saturated carbocycles. The summed E-state index contributed by atoms with van der Waals surface area (Å²) in [5.41, 5.74) is 12.3. The second kappa shape index (κ2) is 29.5. The molecule has 7 aromatic rings. The summed E-state index contributed by atoms with van der Waals surface area (Å²) < 4.78 is 27.5. The number of non-ortho nitro benzene ring substituents is 1. The van der Waals surface area contributed by atoms with Crippen LogP contribution in [-0.2, 0) is 43.0 Å². The molecule has 0 fully saturated rings. The Bertz CT molecular complexity index is 4240. The van der Waals surface area contributed by atoms with Crippen LogP contribution in [0.5, 0.6) is 5.75 Å². The molecular formula is C65H58N8O19S6. The molecule has 9 heterocycles. The number of nitrogens with one attached hydrogen (secondary N) is 4. The van der Waals surface area contributed by atoms with Crippen molar-refractivity contribution < 1.29 is 87.6 Å². The molecule has 27 nitrogen and oxygen atoms in total. The number of nitro groups is 1. The first-order valence-electron chi connectivity index (χ1n) is 30.6. The van der Waals surface area contributed by atoms with E-state index in [1.807, 2.05) is 78.9 Å². The number of aromatic nitrogens is 2. The summed E-state index contributed by atoms with van der Waals surface area (Å²) in [6.45, 7) is 1.92. The third-order valence-corrected chi connectivity index (χ3v) is 24.9. The van der Waals surface area contributed by atoms with Gasteiger partial charge in [-0.15, -0.1) is 5.53 Å². The number of rotatable bonds is 26. The van der Waals surface area contributed by atoms with Gasteiger partial charge >= 0.3 is 35.5 Å². The number of hydrazine groups is 2. The van der Waals surface area contributed by atoms with Crippen LogP contribution >= 0.6 is 64.8 Å². The average Bonchev–Trinajstić information content (AvgIpc) is 0.754. The molecule has 8 unspecified atom stereocenters. The highest BCUT2D eigenvalue weighted by Crippen LogP contribution is 2.62. The number of carboxylic acids is 5. The third kappa shape index (κ3) is 14.1. The molecule has 9 atom stereocenters. The topological polar surface area (TPSA) is 391 Å². The van der Waals surface area contributed by atoms with Crippen LogP contribution in [-0.4, -0.2) is 153 Å². The SMILES string of the molecule is O=C(O)CC[C@H](NC(=O)c1cc2cc(c1)SSc1ccc3c(c1)C1c4ccc(cc4C3C(C(=O)O)C1C(=O)O)SSc1ccc3c(c1)C1c4ccc(cc4C3C(C(=O)O)C1C(=O)O)SS2)C(=O)NCCOCCOCCOCCN1C=C(COc2ccc([N+](=O)[O-])c3nonc23)NN1. The fraction of sp³-hybridized carbons (Fsp3) is 0.308. The van der Waals surface area contributed by atoms with E-state index in [9.17, 15) is 69.2 Å². The molecule has 6 aromatic carbocycles. The number of nitro benzene ring substituents is 1. The Hall–Kier alpha value is -8.51. The fourth-order valence-electron chi connectivity index (χ4n) is 13.6. The largest absolute Gasteiger partial charge is 0.485 e. The van der Waals surface area contributed by atoms with Crippen LogP contribution in [0.25, 0.3) is 11.0 Å². The molecule has 2 amide bonds. The average molecular weight is 1450 g/mol. The molecule has 18 bridgehead atoms. The number of carbonyl (C=O) groups is 7. The number of carboxylic acid groups (broad SMARTS) is 5. The number of ether oxygens (including phenoxy) is 4. The highest BCUT2D eigenvalue weighted by Gasteiger charge is 2.57. The smallest absolute Gasteiger partial charge is 0.308 e. The standard InChI is InChI=1S/C65H58N8O19S6/c74-49(75)12-9-46(61(77)66-13-15-88-17-19-90-20-18-89-16-14-72-28-31(68-71-72)29-91-48-11-10-47(73(86)87)58-59(48)70-92-69-58)67-60(76)30-21-36-23-37(22-30)98-96-35-4-8-41-45(27-35)53-39-6-2-33(25-43(39)51(41)55(63(80)81)57(53)65(84)85)94-93-32-1-5-38-42(24-32)50-40-7-3-34(95-97-36)26-44(40)52(38)56(64(82)83)54(50)62(78)79/h1-8,10-11,21-28,46,50-57,68,71H,9,12-20,29H2,(H,66,77)(H,67,76)(H,74,75)(H,78,79)(H,80,81)(H,82,83)(H,84,85)/t46-,50?,51?,52?,53?,54?,55?,56?,57?/m0/s1. The number of hydrogen-bond acceptors (Lipinski definition) is 25. The quantitative estimate of drug-likeness (QED) is 0.0105. The summed E-state index contributed by atoms with van der Waals surface area (Å²) in [6, 6.07) is 29.1. The van der Waals surface area contributed by atoms with Gasteiger partial charge in [0.25, 0.3) is 5.91 Å². The van der Waals surface area contributed by atoms with Gasteiger partial charge in [0.1, 0.15) is 12.6 Å². The second-order valence-corrected chi connectivity index (χ2v) is 30.3. The van der Waals surface area contributed by atoms with Crippen LogP contribution in [0.3, 0.4) is 0 Å². The van der Waals surface area contributed by atoms with E-state index >= 15 is 0 Å². The Morgan fingerprint density at radius 2 is 1.01 bits per heavy atom. The van der Waals surface area contributed by atoms with Crippen molar-refractivity contribution in [2.45, 2.75) is 71.9 Å². The number of carbonyl (C=O) groups excluding carboxylic acids is 2. The van der Waals surface area contributed by atoms with Crippen LogP contribution in [0.2, 0.25) is 0 Å². The van der Waals surface area contributed by atoms with Gasteiger partial charge in [-0.2, -0.15) is 0 Å². The number of benzene rings is 6. The summed E-state index contributed by atoms with van der Waals surface area (Å²) in [5, 5.41) is 78.6. The van der Waals surface area contributed by atoms with Crippen molar-refractivity contribution in [2.75, 3.05) is 59.3 Å². The Labute approximate surface area is 579 Å². The molecule has 1 aromatic heterocycles. The number of fused-ring (bicyclic) bond motifs is 3. The highest BCUT2D eigenvalue weighted by molar-refractivity contribution is 8.77. The van der Waals surface area contributed by atoms with Crippen LogP contribution in [0.15, 0.2) is 149 Å². The van der Waals surface area contributed by atoms with Crippen LogP contribution in [0.1, 0.15) is 91.4 Å². The molecule has 8 aliphatic heterocycles. The molecule has 21 rings (SSSR count). The van der Waals surface area contributed by atoms with Crippen molar-refractivity contribution in [3.8, 4) is 5.75 Å². The molecule has 98 heavy (non-hydrogen) atoms. The molecule has 0 radical (unpaired) electrons. The lowest BCUT2D eigenvalue weighted by atomic mass is 9.54. The van der Waals surface area contributed by atoms with Gasteiger partial charge in [0.2, 0.25) is 11.4 Å². The predicted octanol–water partition coefficient (Wildman–Crippen LogP) is 9.20. The minimum atomic E-state index is -1.28. The normalized spacial score (nSPS) is 21.0. The van der Waals surface area contributed by atoms with Gasteiger partial charge in [0.15, 0.2) is 11.3 Å². The van der Waals surface area contributed by atoms with Crippen molar-refractivity contribution in [1.82, 2.24) is 36.9 Å². The van der Waals surface area contributed by atoms with E-state index in [1.54, 1.807) is 23.3 Å². The summed E-state index contributed by atoms with van der Waals surface area (Å²) in [4.78, 5) is 108. The lowest BCUT2D eigenvalue weighted by Crippen LogP contribution is -2.47. The highest BCUT2D eigenvalue weighted by atomic mass is 33.1. The molecule has 9 N–H and O–H groups in total. The monoisotopic (exact) mass is 1450 g/mol. The Kier molecular flexibility index (Phi) is 20.5. The van der Waals surface area contributed by atoms with Crippen molar-refractivity contribution in [2.24, 2.45) is 23.7 Å². The zero-order chi connectivity index (χ0) is 68.5. The van der Waals surface area contributed by atoms with E-state index in [2.05, 4.69) is 36.5 Å². The summed E-state index contributed by atoms with van der Waals surface area (Å²) in [5.74, 6) is -15.5. The second-order valence-electron chi connectivity index (χ2n) is 23.5. The Morgan fingerprint density at radius 1 is 0.561 bits per heavy atom. The first-order chi connectivity index (χ1) is 47.4. The van der Waals surface area contributed by atoms with Gasteiger partial charge in [0.05, 0.1) is 80.5 Å². The molecule has 0 saturated heterocycles. The zero-order valence-corrected chi connectivity index (χ0v) is 56.0. The van der Waals surface area contributed by atoms with Gasteiger partial charge in [-0.25, -0.2) is 4.63 Å². The number of aliphatic carboxylic acids is 5. The number of hydrogen-bond donors (Lipinski definition) is 9. The predicted molar refractivity (Wildman–Crippen MR) is 358 cm³/mol. The molecule has 6 aliphatic carbocycles. The van der Waals surface area contributed by atoms with Crippen LogP contribution in [0, 0.1) is 33.8 Å². The molecule has 0 spiro atoms. The third-order valence-electron chi connectivity index (χ3n) is 17.8. The van der Waals surface area contributed by atoms with Crippen molar-refractivity contribution in [1.29, 1.82) is 0 Å². The lowest BCUT2D eigenvalue weighted by Gasteiger charge is -2.47. The maximum Gasteiger partial charge on any atom is 0.308 e. The minimum absolute atomic E-state index is 0.0199. The molecule has 14 aliphatic rings. The first kappa shape index (κ1) is 68.0. The van der Waals surface area contributed by atoms with E-state index in [4.69, 9.17) is 18.9 Å². The summed E-state index contributed by atoms with van der Waals surface area (Å²) in [7, 11) is 8.11. The van der Waals surface area contributed by atoms with Crippen LogP contribution < -0.4 is 26.3 Å². The molecular weight excluding hydrogens is 1390 g/mol. The summed E-state index contributed by atoms with van der Waals surface area (Å²) >= 11 is 0. The first-order valence-corrected chi connectivity index (χ1v) is 37.0. The van der Waals surface area contributed by atoms with E-state index in [0.717, 1.165) is 30.7 Å². The summed E-state index contributed by atoms with van der Waals surface area (Å²) in [6.07, 6.45) is 1.08. The van der Waals surface area contributed by atoms with Crippen molar-refractivity contribution >= 4 is 123 Å². The maximum absolute atomic E-state index is 14.5. The van der Waals surface area contributed by atoms with E-state index in [-0.39, 0.29) is 80.6 Å². The van der Waals surface area contributed by atoms with Gasteiger partial charge < -0.3 is 60.5 Å². The van der Waals surface area contributed by atoms with Gasteiger partial charge in [-0.3, -0.25) is 48.7 Å². The Balaban J connectivity index is 0.667. The van der Waals surface area contributed by atoms with Gasteiger partial charge in [-0.05, 0) is 134 Å². The molecule has 508 valence electrons. The van der Waals surface area contributed by atoms with Crippen LogP contribution in [0.4, 0.5) is 5.69 Å². The number of nitrogens with zero attached hydrogens (tertiary/aromatic N) is 4. The van der Waals surface area contributed by atoms with Gasteiger partial charge in [0, 0.05) is 83.8 Å². The van der Waals surface area contributed by atoms with E-state index in [0.29, 0.717) is 62.0 Å². The number of amides is 2.